The summed E-state index contributed by atoms with van der Waals surface area (Å²) < 4.78 is 10.9. The van der Waals surface area contributed by atoms with E-state index in [0.717, 1.165) is 188 Å². The molecule has 6 atom stereocenters. The van der Waals surface area contributed by atoms with Crippen LogP contribution in [0.2, 0.25) is 0 Å². The number of aryl methyl sites for hydroxylation is 4. The summed E-state index contributed by atoms with van der Waals surface area (Å²) in [7, 11) is 3.47. The van der Waals surface area contributed by atoms with E-state index < -0.39 is 0 Å². The predicted molar refractivity (Wildman–Crippen MR) is 454 cm³/mol. The molecule has 0 bridgehead atoms. The molecule has 6 aliphatic rings. The number of aromatic nitrogens is 20. The number of aliphatic hydroxyl groups excluding tert-OH is 4. The Labute approximate surface area is 689 Å². The van der Waals surface area contributed by atoms with Crippen molar-refractivity contribution in [3.8, 4) is 0 Å². The second-order valence-electron chi connectivity index (χ2n) is 32.2. The smallest absolute Gasteiger partial charge is 0.250 e. The van der Waals surface area contributed by atoms with Crippen molar-refractivity contribution in [3.63, 3.8) is 0 Å². The molecule has 2 aliphatic heterocycles. The van der Waals surface area contributed by atoms with E-state index in [1.54, 1.807) is 79.6 Å². The number of hydrogen-bond donors (Lipinski definition) is 10. The highest BCUT2D eigenvalue weighted by molar-refractivity contribution is 5.61. The number of piperidine rings is 2. The Morgan fingerprint density at radius 3 is 1.46 bits per heavy atom. The lowest BCUT2D eigenvalue weighted by Gasteiger charge is -2.35. The lowest BCUT2D eigenvalue weighted by Crippen LogP contribution is -2.41. The Morgan fingerprint density at radius 1 is 0.471 bits per heavy atom. The van der Waals surface area contributed by atoms with Crippen molar-refractivity contribution < 1.29 is 25.2 Å². The molecule has 0 radical (unpaired) electrons. The molecule has 4 aliphatic carbocycles. The Balaban J connectivity index is 0.000000124. The molecule has 12 aromatic rings. The van der Waals surface area contributed by atoms with Gasteiger partial charge in [-0.15, -0.1) is 0 Å². The van der Waals surface area contributed by atoms with Crippen LogP contribution >= 0.6 is 0 Å². The van der Waals surface area contributed by atoms with Gasteiger partial charge < -0.3 is 76.5 Å². The quantitative estimate of drug-likeness (QED) is 0.0162. The fourth-order valence-electron chi connectivity index (χ4n) is 16.6. The molecule has 12 aromatic heterocycles. The van der Waals surface area contributed by atoms with E-state index in [4.69, 9.17) is 34.9 Å². The average Bonchev–Trinajstić information content (AvgIpc) is 1.62. The Bertz CT molecular complexity index is 5480. The predicted octanol–water partition coefficient (Wildman–Crippen LogP) is 8.66. The van der Waals surface area contributed by atoms with Crippen LogP contribution in [0.15, 0.2) is 120 Å². The molecule has 119 heavy (non-hydrogen) atoms. The molecule has 14 heterocycles. The zero-order valence-corrected chi connectivity index (χ0v) is 68.5. The summed E-state index contributed by atoms with van der Waals surface area (Å²) in [5.74, 6) is 6.53. The third-order valence-corrected chi connectivity index (χ3v) is 23.7. The van der Waals surface area contributed by atoms with E-state index in [9.17, 15) is 35.2 Å². The van der Waals surface area contributed by atoms with Gasteiger partial charge in [0.2, 0.25) is 53.1 Å². The van der Waals surface area contributed by atoms with E-state index >= 15 is 0 Å². The topological polar surface area (TPSA) is 416 Å². The van der Waals surface area contributed by atoms with E-state index in [-0.39, 0.29) is 73.5 Å². The first kappa shape index (κ1) is 82.5. The SMILES string of the molecule is CCc1cnn2c(NCc3ccc(=O)n(C)c3)nc(N[C@H]3CCCC[C@H]3CO)nc12.CCc1cnn2c(NCc3ccn(C)c(=O)c3)nc(N3CCCC[C@H]3CCO)nc12.OCC[C@@H]1CCCCN1c1nc(NCc2cccnc2)n2ncc(C3CC3)c2n1.[O-][n+]1cccc(CNc2nc(N[C@H]3CCCC[C@H]3CO)nc3c(C4CC4)cnn23)c1. The average molecular weight is 1630 g/mol. The summed E-state index contributed by atoms with van der Waals surface area (Å²) in [5.41, 5.74) is 11.5. The molecule has 4 saturated carbocycles. The number of pyridine rings is 4. The van der Waals surface area contributed by atoms with Crippen LogP contribution in [0.25, 0.3) is 22.6 Å². The number of fused-ring (bicyclic) bond motifs is 4. The number of nitrogens with one attached hydrogen (secondary N) is 6. The maximum atomic E-state index is 11.9. The summed E-state index contributed by atoms with van der Waals surface area (Å²) in [5, 5.41) is 88.5. The Kier molecular flexibility index (Phi) is 27.0. The zero-order valence-electron chi connectivity index (χ0n) is 68.5. The molecule has 35 heteroatoms. The molecule has 0 aromatic carbocycles. The molecule has 630 valence electrons. The minimum absolute atomic E-state index is 0.0414. The Morgan fingerprint density at radius 2 is 0.950 bits per heavy atom. The van der Waals surface area contributed by atoms with E-state index in [2.05, 4.69) is 85.9 Å². The first-order valence-electron chi connectivity index (χ1n) is 42.6. The van der Waals surface area contributed by atoms with Gasteiger partial charge in [-0.1, -0.05) is 51.7 Å². The highest BCUT2D eigenvalue weighted by Crippen LogP contribution is 2.44. The van der Waals surface area contributed by atoms with Gasteiger partial charge in [0.25, 0.3) is 5.56 Å². The van der Waals surface area contributed by atoms with E-state index in [0.29, 0.717) is 86.1 Å². The van der Waals surface area contributed by atoms with Gasteiger partial charge in [0.1, 0.15) is 0 Å². The van der Waals surface area contributed by atoms with Crippen molar-refractivity contribution in [2.24, 2.45) is 25.9 Å². The second-order valence-corrected chi connectivity index (χ2v) is 32.2. The van der Waals surface area contributed by atoms with Gasteiger partial charge in [0.15, 0.2) is 35.0 Å². The number of anilines is 8. The fourth-order valence-corrected chi connectivity index (χ4v) is 16.6. The molecule has 2 saturated heterocycles. The van der Waals surface area contributed by atoms with Gasteiger partial charge in [-0.25, -0.2) is 0 Å². The van der Waals surface area contributed by atoms with Crippen LogP contribution < -0.4 is 57.5 Å². The maximum absolute atomic E-state index is 11.9. The van der Waals surface area contributed by atoms with E-state index in [1.165, 1.54) is 50.1 Å². The van der Waals surface area contributed by atoms with Crippen molar-refractivity contribution in [2.45, 2.75) is 217 Å². The normalized spacial score (nSPS) is 19.3. The number of hydrogen-bond acceptors (Lipinski definition) is 28. The molecule has 6 fully saturated rings. The van der Waals surface area contributed by atoms with Gasteiger partial charge in [-0.05, 0) is 162 Å². The van der Waals surface area contributed by atoms with Crippen LogP contribution in [-0.2, 0) is 53.1 Å². The highest BCUT2D eigenvalue weighted by atomic mass is 16.5. The molecule has 0 spiro atoms. The van der Waals surface area contributed by atoms with Gasteiger partial charge in [0.05, 0.1) is 24.8 Å². The van der Waals surface area contributed by atoms with Crippen molar-refractivity contribution in [2.75, 3.05) is 81.2 Å². The highest BCUT2D eigenvalue weighted by Gasteiger charge is 2.34. The van der Waals surface area contributed by atoms with Crippen LogP contribution in [0.3, 0.4) is 0 Å². The third-order valence-electron chi connectivity index (χ3n) is 23.7. The van der Waals surface area contributed by atoms with Crippen LogP contribution in [0.1, 0.15) is 199 Å². The van der Waals surface area contributed by atoms with E-state index in [1.807, 2.05) is 59.8 Å². The number of rotatable bonds is 28. The monoisotopic (exact) mass is 1620 g/mol. The molecular weight excluding hydrogens is 1510 g/mol. The van der Waals surface area contributed by atoms with Gasteiger partial charge in [-0.2, -0.15) is 83.1 Å². The summed E-state index contributed by atoms with van der Waals surface area (Å²) >= 11 is 0. The zero-order chi connectivity index (χ0) is 82.3. The summed E-state index contributed by atoms with van der Waals surface area (Å²) in [6.07, 6.45) is 40.8. The standard InChI is InChI=1S/C21H27N7O2.2C21H29N7O2.C21H27N7O/c29-13-16-5-1-2-6-18(16)24-20-25-19-17(15-7-8-15)11-23-28(19)21(26-20)22-10-14-4-3-9-27(30)12-14;1-3-16-14-23-28-19(16)24-21(27-9-5-4-6-17(27)8-11-29)25-20(28)22-13-15-7-10-26(2)18(30)12-15;1-3-15-11-23-28-19(15)25-20(24-17-7-5-4-6-16(17)13-29)26-21(28)22-10-14-8-9-18(30)27(2)12-14;29-11-8-17-5-1-2-10-27(17)21-25-19-18(16-6-7-16)14-24-28(19)20(26-21)23-13-15-4-3-9-22-12-15/h3-4,9,11-12,15-16,18,29H,1-2,5-8,10,13H2,(H2,22,24,25,26);7,10,12,14,17,29H,3-6,8-9,11,13H2,1-2H3,(H,22,24,25);8-9,11-12,16-17,29H,3-7,10,13H2,1-2H3,(H2,22,24,25,26);3-4,9,12,14,16-17,29H,1-2,5-8,10-11,13H2,(H,23,25,26)/t16-,18-;17-;16-,17-;17-/m0000/s1. The van der Waals surface area contributed by atoms with Crippen molar-refractivity contribution in [1.29, 1.82) is 0 Å². The third kappa shape index (κ3) is 20.1. The maximum Gasteiger partial charge on any atom is 0.250 e. The largest absolute Gasteiger partial charge is 0.619 e. The summed E-state index contributed by atoms with van der Waals surface area (Å²) in [4.78, 5) is 70.6. The van der Waals surface area contributed by atoms with Gasteiger partial charge >= 0.3 is 0 Å². The van der Waals surface area contributed by atoms with Crippen LogP contribution in [0, 0.1) is 17.0 Å². The molecule has 18 rings (SSSR count). The first-order valence-corrected chi connectivity index (χ1v) is 42.6. The van der Waals surface area contributed by atoms with Crippen molar-refractivity contribution >= 4 is 70.2 Å². The molecule has 0 amide bonds. The van der Waals surface area contributed by atoms with Gasteiger partial charge in [-0.3, -0.25) is 14.6 Å². The van der Waals surface area contributed by atoms with Crippen LogP contribution in [0.5, 0.6) is 0 Å². The van der Waals surface area contributed by atoms with Crippen molar-refractivity contribution in [1.82, 2.24) is 92.4 Å². The molecular formula is C84H112N28O7. The summed E-state index contributed by atoms with van der Waals surface area (Å²) in [6.45, 7) is 8.70. The molecule has 35 nitrogen and oxygen atoms in total. The molecule has 0 unspecified atom stereocenters. The lowest BCUT2D eigenvalue weighted by atomic mass is 9.85. The minimum Gasteiger partial charge on any atom is -0.619 e. The lowest BCUT2D eigenvalue weighted by molar-refractivity contribution is -0.605. The fraction of sp³-hybridized carbons (Fsp3) is 0.524. The first-order chi connectivity index (χ1) is 58.2. The van der Waals surface area contributed by atoms with Crippen LogP contribution in [-0.4, -0.2) is 177 Å². The summed E-state index contributed by atoms with van der Waals surface area (Å²) in [6, 6.07) is 15.3. The van der Waals surface area contributed by atoms with Crippen molar-refractivity contribution in [3.05, 3.63) is 181 Å². The van der Waals surface area contributed by atoms with Crippen LogP contribution in [0.4, 0.5) is 47.6 Å². The second kappa shape index (κ2) is 38.9. The minimum atomic E-state index is -0.0460. The molecule has 10 N–H and O–H groups in total. The van der Waals surface area contributed by atoms with Gasteiger partial charge in [0, 0.05) is 187 Å². The number of nitrogens with zero attached hydrogens (tertiary/aromatic N) is 22. The Hall–Kier alpha value is -11.6. The number of aliphatic hydroxyl groups is 4.